The molecule has 0 bridgehead atoms. The highest BCUT2D eigenvalue weighted by Crippen LogP contribution is 2.35. The van der Waals surface area contributed by atoms with Crippen LogP contribution in [0.2, 0.25) is 0 Å². The van der Waals surface area contributed by atoms with E-state index in [0.29, 0.717) is 30.7 Å². The van der Waals surface area contributed by atoms with Crippen LogP contribution in [-0.2, 0) is 0 Å². The molecule has 3 heterocycles. The number of nitrogens with zero attached hydrogens (tertiary/aromatic N) is 3. The second-order valence-electron chi connectivity index (χ2n) is 10.7. The number of amides is 1. The van der Waals surface area contributed by atoms with Gasteiger partial charge in [-0.2, -0.15) is 0 Å². The molecule has 3 unspecified atom stereocenters. The van der Waals surface area contributed by atoms with Crippen molar-refractivity contribution in [2.24, 2.45) is 11.8 Å². The van der Waals surface area contributed by atoms with E-state index in [4.69, 9.17) is 0 Å². The maximum absolute atomic E-state index is 15.0. The standard InChI is InChI=1S/C30H34F2N4O3/c1-2-4-19-6-7-20(15-19)12-13-33-30(39)24-17-36(26-10-8-21(31)16-25(26)32)29-23(28(24)38)9-11-27(34-29)35-14-3-5-22(35)18-37/h2,8-11,16-17,19-20,22,37H,1,3-7,12-15,18H2,(H,33,39). The number of aromatic nitrogens is 2. The number of halogens is 2. The summed E-state index contributed by atoms with van der Waals surface area (Å²) in [5, 5.41) is 12.8. The number of nitrogens with one attached hydrogen (secondary N) is 1. The molecular weight excluding hydrogens is 502 g/mol. The van der Waals surface area contributed by atoms with Crippen LogP contribution in [-0.4, -0.2) is 46.3 Å². The van der Waals surface area contributed by atoms with Crippen molar-refractivity contribution in [3.63, 3.8) is 0 Å². The molecule has 39 heavy (non-hydrogen) atoms. The molecule has 3 atom stereocenters. The van der Waals surface area contributed by atoms with Crippen LogP contribution in [0.15, 0.2) is 54.0 Å². The number of carbonyl (C=O) groups excluding carboxylic acids is 1. The van der Waals surface area contributed by atoms with Crippen LogP contribution in [0, 0.1) is 23.5 Å². The van der Waals surface area contributed by atoms with Gasteiger partial charge in [0.1, 0.15) is 23.0 Å². The van der Waals surface area contributed by atoms with E-state index in [2.05, 4.69) is 16.9 Å². The summed E-state index contributed by atoms with van der Waals surface area (Å²) in [6.45, 7) is 4.91. The zero-order valence-electron chi connectivity index (χ0n) is 21.9. The second kappa shape index (κ2) is 11.7. The van der Waals surface area contributed by atoms with E-state index in [1.54, 1.807) is 12.1 Å². The van der Waals surface area contributed by atoms with Crippen LogP contribution in [0.4, 0.5) is 14.6 Å². The molecule has 1 amide bonds. The summed E-state index contributed by atoms with van der Waals surface area (Å²) in [6, 6.07) is 6.30. The molecule has 3 aromatic rings. The molecule has 1 aliphatic carbocycles. The lowest BCUT2D eigenvalue weighted by Crippen LogP contribution is -2.33. The molecule has 2 N–H and O–H groups in total. The van der Waals surface area contributed by atoms with Crippen molar-refractivity contribution in [1.29, 1.82) is 0 Å². The smallest absolute Gasteiger partial charge is 0.256 e. The number of rotatable bonds is 9. The van der Waals surface area contributed by atoms with E-state index in [1.165, 1.54) is 16.8 Å². The molecule has 7 nitrogen and oxygen atoms in total. The normalized spacial score (nSPS) is 21.0. The number of benzene rings is 1. The number of aliphatic hydroxyl groups excluding tert-OH is 1. The summed E-state index contributed by atoms with van der Waals surface area (Å²) in [6.07, 6.45) is 10.2. The average Bonchev–Trinajstić information content (AvgIpc) is 3.59. The summed E-state index contributed by atoms with van der Waals surface area (Å²) in [5.74, 6) is -0.414. The van der Waals surface area contributed by atoms with Gasteiger partial charge in [-0.1, -0.05) is 12.5 Å². The second-order valence-corrected chi connectivity index (χ2v) is 10.7. The van der Waals surface area contributed by atoms with Crippen molar-refractivity contribution in [3.05, 3.63) is 76.6 Å². The number of fused-ring (bicyclic) bond motifs is 1. The number of hydrogen-bond acceptors (Lipinski definition) is 5. The molecule has 1 aliphatic heterocycles. The first kappa shape index (κ1) is 27.0. The Labute approximate surface area is 226 Å². The fourth-order valence-electron chi connectivity index (χ4n) is 6.08. The Balaban J connectivity index is 1.48. The summed E-state index contributed by atoms with van der Waals surface area (Å²) in [7, 11) is 0. The predicted molar refractivity (Wildman–Crippen MR) is 147 cm³/mol. The molecule has 2 aromatic heterocycles. The van der Waals surface area contributed by atoms with Crippen molar-refractivity contribution >= 4 is 22.8 Å². The first-order valence-corrected chi connectivity index (χ1v) is 13.7. The Morgan fingerprint density at radius 3 is 2.77 bits per heavy atom. The summed E-state index contributed by atoms with van der Waals surface area (Å²) in [5.41, 5.74) is -0.514. The van der Waals surface area contributed by atoms with E-state index in [0.717, 1.165) is 57.1 Å². The number of pyridine rings is 2. The van der Waals surface area contributed by atoms with Crippen LogP contribution in [0.1, 0.15) is 55.3 Å². The number of carbonyl (C=O) groups is 1. The Morgan fingerprint density at radius 1 is 1.18 bits per heavy atom. The maximum atomic E-state index is 15.0. The first-order chi connectivity index (χ1) is 18.9. The largest absolute Gasteiger partial charge is 0.394 e. The minimum atomic E-state index is -0.844. The lowest BCUT2D eigenvalue weighted by molar-refractivity contribution is 0.0950. The van der Waals surface area contributed by atoms with Crippen LogP contribution >= 0.6 is 0 Å². The zero-order valence-corrected chi connectivity index (χ0v) is 21.9. The molecule has 0 radical (unpaired) electrons. The van der Waals surface area contributed by atoms with E-state index < -0.39 is 23.0 Å². The minimum absolute atomic E-state index is 0.0283. The Bertz CT molecular complexity index is 1440. The number of anilines is 1. The number of hydrogen-bond donors (Lipinski definition) is 2. The van der Waals surface area contributed by atoms with Gasteiger partial charge in [-0.3, -0.25) is 14.2 Å². The van der Waals surface area contributed by atoms with E-state index in [-0.39, 0.29) is 34.9 Å². The van der Waals surface area contributed by atoms with Crippen molar-refractivity contribution in [2.45, 2.75) is 51.0 Å². The van der Waals surface area contributed by atoms with Crippen molar-refractivity contribution in [1.82, 2.24) is 14.9 Å². The quantitative estimate of drug-likeness (QED) is 0.386. The fraction of sp³-hybridized carbons (Fsp3) is 0.433. The maximum Gasteiger partial charge on any atom is 0.256 e. The van der Waals surface area contributed by atoms with E-state index in [1.807, 2.05) is 11.0 Å². The van der Waals surface area contributed by atoms with Gasteiger partial charge in [-0.15, -0.1) is 6.58 Å². The Hall–Kier alpha value is -3.59. The van der Waals surface area contributed by atoms with Crippen LogP contribution in [0.25, 0.3) is 16.7 Å². The van der Waals surface area contributed by atoms with Crippen LogP contribution < -0.4 is 15.6 Å². The predicted octanol–water partition coefficient (Wildman–Crippen LogP) is 4.74. The van der Waals surface area contributed by atoms with Crippen LogP contribution in [0.3, 0.4) is 0 Å². The third-order valence-corrected chi connectivity index (χ3v) is 8.12. The molecule has 1 aromatic carbocycles. The van der Waals surface area contributed by atoms with Gasteiger partial charge in [0.25, 0.3) is 5.91 Å². The molecule has 206 valence electrons. The van der Waals surface area contributed by atoms with Gasteiger partial charge in [0.05, 0.1) is 23.7 Å². The third-order valence-electron chi connectivity index (χ3n) is 8.12. The third kappa shape index (κ3) is 5.59. The van der Waals surface area contributed by atoms with Gasteiger partial charge < -0.3 is 15.3 Å². The minimum Gasteiger partial charge on any atom is -0.394 e. The van der Waals surface area contributed by atoms with Gasteiger partial charge in [0.15, 0.2) is 5.65 Å². The molecule has 1 saturated heterocycles. The molecule has 2 aliphatic rings. The van der Waals surface area contributed by atoms with Crippen LogP contribution in [0.5, 0.6) is 0 Å². The summed E-state index contributed by atoms with van der Waals surface area (Å²) < 4.78 is 30.0. The lowest BCUT2D eigenvalue weighted by Gasteiger charge is -2.24. The highest BCUT2D eigenvalue weighted by atomic mass is 19.1. The summed E-state index contributed by atoms with van der Waals surface area (Å²) in [4.78, 5) is 33.3. The Morgan fingerprint density at radius 2 is 2.00 bits per heavy atom. The SMILES string of the molecule is C=CCC1CCC(CCNC(=O)c2cn(-c3ccc(F)cc3F)c3nc(N4CCCC4CO)ccc3c2=O)C1. The van der Waals surface area contributed by atoms with Gasteiger partial charge in [0.2, 0.25) is 5.43 Å². The zero-order chi connectivity index (χ0) is 27.5. The van der Waals surface area contributed by atoms with E-state index >= 15 is 0 Å². The highest BCUT2D eigenvalue weighted by molar-refractivity contribution is 5.97. The molecule has 5 rings (SSSR count). The molecule has 1 saturated carbocycles. The fourth-order valence-corrected chi connectivity index (χ4v) is 6.08. The topological polar surface area (TPSA) is 87.5 Å². The average molecular weight is 537 g/mol. The van der Waals surface area contributed by atoms with Gasteiger partial charge in [-0.05, 0) is 74.6 Å². The first-order valence-electron chi connectivity index (χ1n) is 13.7. The van der Waals surface area contributed by atoms with Gasteiger partial charge in [0, 0.05) is 25.4 Å². The number of aliphatic hydroxyl groups is 1. The highest BCUT2D eigenvalue weighted by Gasteiger charge is 2.27. The molecule has 2 fully saturated rings. The van der Waals surface area contributed by atoms with Gasteiger partial charge in [-0.25, -0.2) is 13.8 Å². The van der Waals surface area contributed by atoms with Gasteiger partial charge >= 0.3 is 0 Å². The van der Waals surface area contributed by atoms with Crippen molar-refractivity contribution in [3.8, 4) is 5.69 Å². The summed E-state index contributed by atoms with van der Waals surface area (Å²) >= 11 is 0. The number of allylic oxidation sites excluding steroid dienone is 1. The Kier molecular flexibility index (Phi) is 8.07. The van der Waals surface area contributed by atoms with E-state index in [9.17, 15) is 23.5 Å². The molecule has 0 spiro atoms. The molecule has 9 heteroatoms. The molecular formula is C30H34F2N4O3. The monoisotopic (exact) mass is 536 g/mol. The van der Waals surface area contributed by atoms with Crippen molar-refractivity contribution in [2.75, 3.05) is 24.6 Å². The lowest BCUT2D eigenvalue weighted by atomic mass is 9.99. The van der Waals surface area contributed by atoms with Crippen molar-refractivity contribution < 1.29 is 18.7 Å².